The molecule has 2 aromatic rings. The van der Waals surface area contributed by atoms with Crippen molar-refractivity contribution in [2.24, 2.45) is 0 Å². The summed E-state index contributed by atoms with van der Waals surface area (Å²) >= 11 is 0. The lowest BCUT2D eigenvalue weighted by atomic mass is 9.94. The lowest BCUT2D eigenvalue weighted by Gasteiger charge is -2.44. The average molecular weight is 497 g/mol. The molecule has 2 aromatic carbocycles. The first-order chi connectivity index (χ1) is 17.6. The molecule has 8 nitrogen and oxygen atoms in total. The average Bonchev–Trinajstić information content (AvgIpc) is 2.90. The highest BCUT2D eigenvalue weighted by Crippen LogP contribution is 2.30. The van der Waals surface area contributed by atoms with Crippen molar-refractivity contribution in [1.29, 1.82) is 0 Å². The molecule has 0 bridgehead atoms. The summed E-state index contributed by atoms with van der Waals surface area (Å²) in [6.07, 6.45) is 1.33. The molecule has 8 heteroatoms. The maximum absolute atomic E-state index is 12.7. The number of amides is 1. The van der Waals surface area contributed by atoms with Crippen molar-refractivity contribution >= 4 is 5.91 Å². The quantitative estimate of drug-likeness (QED) is 0.659. The molecule has 5 rings (SSSR count). The monoisotopic (exact) mass is 496 g/mol. The smallest absolute Gasteiger partial charge is 0.225 e. The number of hydrogen-bond acceptors (Lipinski definition) is 7. The SMILES string of the molecule is O=C(C[C@H]1CC[C@H]2[C@@H](COC[C@@H](O)CN2Cc2ccc(Oc3ccccc3)cc2)O1)N1CCOCC1. The second-order valence-electron chi connectivity index (χ2n) is 9.82. The molecule has 3 heterocycles. The third-order valence-electron chi connectivity index (χ3n) is 7.14. The van der Waals surface area contributed by atoms with E-state index in [4.69, 9.17) is 18.9 Å². The van der Waals surface area contributed by atoms with Crippen molar-refractivity contribution in [2.45, 2.75) is 50.2 Å². The number of para-hydroxylation sites is 1. The number of morpholine rings is 1. The summed E-state index contributed by atoms with van der Waals surface area (Å²) in [5.41, 5.74) is 1.15. The number of rotatable bonds is 6. The Balaban J connectivity index is 1.21. The van der Waals surface area contributed by atoms with Crippen LogP contribution in [0.2, 0.25) is 0 Å². The Morgan fingerprint density at radius 2 is 1.69 bits per heavy atom. The third-order valence-corrected chi connectivity index (χ3v) is 7.14. The minimum absolute atomic E-state index is 0.106. The lowest BCUT2D eigenvalue weighted by Crippen LogP contribution is -2.55. The van der Waals surface area contributed by atoms with E-state index < -0.39 is 6.10 Å². The van der Waals surface area contributed by atoms with Gasteiger partial charge in [0.1, 0.15) is 11.5 Å². The fraction of sp³-hybridized carbons (Fsp3) is 0.536. The van der Waals surface area contributed by atoms with E-state index in [1.807, 2.05) is 47.4 Å². The summed E-state index contributed by atoms with van der Waals surface area (Å²) in [6.45, 7) is 4.44. The van der Waals surface area contributed by atoms with Crippen LogP contribution in [-0.4, -0.2) is 91.2 Å². The zero-order valence-electron chi connectivity index (χ0n) is 20.7. The molecule has 0 spiro atoms. The lowest BCUT2D eigenvalue weighted by molar-refractivity contribution is -0.162. The van der Waals surface area contributed by atoms with Gasteiger partial charge in [0.15, 0.2) is 0 Å². The standard InChI is InChI=1S/C28H36N2O6/c31-22-18-30(17-21-6-8-24(9-7-21)35-23-4-2-1-3-5-23)26-11-10-25(36-27(26)20-34-19-22)16-28(32)29-12-14-33-15-13-29/h1-9,22,25-27,31H,10-20H2/t22-,25+,26-,27+/m0/s1. The van der Waals surface area contributed by atoms with Crippen LogP contribution in [-0.2, 0) is 25.5 Å². The van der Waals surface area contributed by atoms with E-state index in [-0.39, 0.29) is 30.8 Å². The molecule has 0 aromatic heterocycles. The molecule has 36 heavy (non-hydrogen) atoms. The van der Waals surface area contributed by atoms with Crippen LogP contribution in [0.5, 0.6) is 11.5 Å². The zero-order valence-corrected chi connectivity index (χ0v) is 20.7. The van der Waals surface area contributed by atoms with Gasteiger partial charge in [0.25, 0.3) is 0 Å². The van der Waals surface area contributed by atoms with Gasteiger partial charge in [0.2, 0.25) is 5.91 Å². The van der Waals surface area contributed by atoms with Crippen molar-refractivity contribution in [3.63, 3.8) is 0 Å². The minimum Gasteiger partial charge on any atom is -0.457 e. The second kappa shape index (κ2) is 12.2. The number of carbonyl (C=O) groups is 1. The molecule has 1 N–H and O–H groups in total. The maximum Gasteiger partial charge on any atom is 0.225 e. The van der Waals surface area contributed by atoms with Gasteiger partial charge in [-0.1, -0.05) is 30.3 Å². The highest BCUT2D eigenvalue weighted by atomic mass is 16.5. The molecule has 3 fully saturated rings. The van der Waals surface area contributed by atoms with Crippen LogP contribution < -0.4 is 4.74 Å². The first-order valence-electron chi connectivity index (χ1n) is 13.0. The van der Waals surface area contributed by atoms with Gasteiger partial charge < -0.3 is 29.0 Å². The Morgan fingerprint density at radius 3 is 2.47 bits per heavy atom. The molecule has 0 aliphatic carbocycles. The summed E-state index contributed by atoms with van der Waals surface area (Å²) < 4.78 is 23.5. The van der Waals surface area contributed by atoms with Crippen molar-refractivity contribution in [3.05, 3.63) is 60.2 Å². The number of β-amino-alcohol motifs (C(OH)–C–C–N with tert-alkyl or cyclic N) is 1. The van der Waals surface area contributed by atoms with Crippen molar-refractivity contribution in [2.75, 3.05) is 46.1 Å². The van der Waals surface area contributed by atoms with E-state index in [0.29, 0.717) is 52.4 Å². The summed E-state index contributed by atoms with van der Waals surface area (Å²) in [7, 11) is 0. The highest BCUT2D eigenvalue weighted by molar-refractivity contribution is 5.76. The van der Waals surface area contributed by atoms with Gasteiger partial charge in [-0.2, -0.15) is 0 Å². The molecule has 0 unspecified atom stereocenters. The highest BCUT2D eigenvalue weighted by Gasteiger charge is 2.38. The molecule has 0 saturated carbocycles. The predicted molar refractivity (Wildman–Crippen MR) is 134 cm³/mol. The molecule has 3 saturated heterocycles. The Bertz CT molecular complexity index is 966. The van der Waals surface area contributed by atoms with Gasteiger partial charge in [-0.25, -0.2) is 0 Å². The van der Waals surface area contributed by atoms with E-state index in [9.17, 15) is 9.90 Å². The van der Waals surface area contributed by atoms with Crippen molar-refractivity contribution in [3.8, 4) is 11.5 Å². The van der Waals surface area contributed by atoms with Crippen LogP contribution in [0.1, 0.15) is 24.8 Å². The molecular weight excluding hydrogens is 460 g/mol. The Morgan fingerprint density at radius 1 is 0.944 bits per heavy atom. The van der Waals surface area contributed by atoms with Gasteiger partial charge in [0.05, 0.1) is 51.2 Å². The van der Waals surface area contributed by atoms with E-state index in [0.717, 1.165) is 29.9 Å². The first-order valence-corrected chi connectivity index (χ1v) is 13.0. The van der Waals surface area contributed by atoms with E-state index in [1.54, 1.807) is 0 Å². The van der Waals surface area contributed by atoms with Crippen LogP contribution in [0.3, 0.4) is 0 Å². The van der Waals surface area contributed by atoms with Crippen LogP contribution in [0.15, 0.2) is 54.6 Å². The van der Waals surface area contributed by atoms with Gasteiger partial charge in [-0.3, -0.25) is 9.69 Å². The van der Waals surface area contributed by atoms with Crippen LogP contribution in [0.4, 0.5) is 0 Å². The van der Waals surface area contributed by atoms with Gasteiger partial charge >= 0.3 is 0 Å². The fourth-order valence-electron chi connectivity index (χ4n) is 5.29. The zero-order chi connectivity index (χ0) is 24.7. The number of nitrogens with zero attached hydrogens (tertiary/aromatic N) is 2. The summed E-state index contributed by atoms with van der Waals surface area (Å²) in [6, 6.07) is 18.0. The summed E-state index contributed by atoms with van der Waals surface area (Å²) in [5, 5.41) is 10.5. The predicted octanol–water partition coefficient (Wildman–Crippen LogP) is 2.84. The largest absolute Gasteiger partial charge is 0.457 e. The minimum atomic E-state index is -0.549. The Labute approximate surface area is 212 Å². The summed E-state index contributed by atoms with van der Waals surface area (Å²) in [4.78, 5) is 16.9. The number of ether oxygens (including phenoxy) is 4. The summed E-state index contributed by atoms with van der Waals surface area (Å²) in [5.74, 6) is 1.73. The molecule has 0 radical (unpaired) electrons. The van der Waals surface area contributed by atoms with Gasteiger partial charge in [0, 0.05) is 32.2 Å². The van der Waals surface area contributed by atoms with Gasteiger partial charge in [-0.15, -0.1) is 0 Å². The number of aliphatic hydroxyl groups is 1. The number of aliphatic hydroxyl groups excluding tert-OH is 1. The number of hydrogen-bond donors (Lipinski definition) is 1. The molecule has 3 aliphatic heterocycles. The van der Waals surface area contributed by atoms with Crippen LogP contribution in [0, 0.1) is 0 Å². The van der Waals surface area contributed by atoms with Crippen LogP contribution in [0.25, 0.3) is 0 Å². The van der Waals surface area contributed by atoms with E-state index >= 15 is 0 Å². The molecular formula is C28H36N2O6. The van der Waals surface area contributed by atoms with E-state index in [1.165, 1.54) is 0 Å². The number of fused-ring (bicyclic) bond motifs is 1. The first kappa shape index (κ1) is 25.2. The molecule has 1 amide bonds. The van der Waals surface area contributed by atoms with Crippen LogP contribution >= 0.6 is 0 Å². The number of carbonyl (C=O) groups excluding carboxylic acids is 1. The van der Waals surface area contributed by atoms with Gasteiger partial charge in [-0.05, 0) is 42.7 Å². The molecule has 3 aliphatic rings. The molecule has 4 atom stereocenters. The fourth-order valence-corrected chi connectivity index (χ4v) is 5.29. The molecule has 194 valence electrons. The maximum atomic E-state index is 12.7. The third kappa shape index (κ3) is 6.63. The normalized spacial score (nSPS) is 27.5. The second-order valence-corrected chi connectivity index (χ2v) is 9.82. The number of benzene rings is 2. The van der Waals surface area contributed by atoms with Crippen molar-refractivity contribution in [1.82, 2.24) is 9.80 Å². The van der Waals surface area contributed by atoms with E-state index in [2.05, 4.69) is 17.0 Å². The Hall–Kier alpha value is -2.49. The topological polar surface area (TPSA) is 80.7 Å². The Kier molecular flexibility index (Phi) is 8.51. The van der Waals surface area contributed by atoms with Crippen molar-refractivity contribution < 1.29 is 28.8 Å².